The molecule has 5 heteroatoms. The van der Waals surface area contributed by atoms with E-state index in [0.29, 0.717) is 12.5 Å². The Kier molecular flexibility index (Phi) is 3.43. The van der Waals surface area contributed by atoms with E-state index < -0.39 is 23.6 Å². The highest BCUT2D eigenvalue weighted by molar-refractivity contribution is 5.58. The number of furan rings is 1. The standard InChI is InChI=1S/C13H11F3O2/c1-2-10(17)12-4-3-11(18-12)8-5-7(14)6-9(15)13(8)16/h3-6,10,17H,2H2,1H3. The fourth-order valence-corrected chi connectivity index (χ4v) is 1.61. The summed E-state index contributed by atoms with van der Waals surface area (Å²) in [5.74, 6) is -3.13. The van der Waals surface area contributed by atoms with Gasteiger partial charge in [0.1, 0.15) is 23.4 Å². The van der Waals surface area contributed by atoms with Crippen molar-refractivity contribution < 1.29 is 22.7 Å². The van der Waals surface area contributed by atoms with Gasteiger partial charge in [0.05, 0.1) is 5.56 Å². The van der Waals surface area contributed by atoms with Crippen LogP contribution in [0.2, 0.25) is 0 Å². The third kappa shape index (κ3) is 2.26. The third-order valence-electron chi connectivity index (χ3n) is 2.60. The summed E-state index contributed by atoms with van der Waals surface area (Å²) in [5, 5.41) is 9.53. The molecule has 2 rings (SSSR count). The second-order valence-corrected chi connectivity index (χ2v) is 3.88. The average Bonchev–Trinajstić information content (AvgIpc) is 2.82. The predicted octanol–water partition coefficient (Wildman–Crippen LogP) is 3.81. The van der Waals surface area contributed by atoms with E-state index in [2.05, 4.69) is 0 Å². The zero-order valence-electron chi connectivity index (χ0n) is 9.58. The van der Waals surface area contributed by atoms with Crippen LogP contribution in [0.3, 0.4) is 0 Å². The molecule has 0 saturated carbocycles. The van der Waals surface area contributed by atoms with Crippen molar-refractivity contribution in [3.8, 4) is 11.3 Å². The lowest BCUT2D eigenvalue weighted by atomic mass is 10.1. The fourth-order valence-electron chi connectivity index (χ4n) is 1.61. The van der Waals surface area contributed by atoms with Crippen molar-refractivity contribution in [1.82, 2.24) is 0 Å². The Hall–Kier alpha value is -1.75. The molecular weight excluding hydrogens is 245 g/mol. The molecular formula is C13H11F3O2. The molecule has 18 heavy (non-hydrogen) atoms. The molecule has 2 aromatic rings. The zero-order valence-corrected chi connectivity index (χ0v) is 9.58. The first-order valence-electron chi connectivity index (χ1n) is 5.45. The van der Waals surface area contributed by atoms with E-state index in [1.54, 1.807) is 6.92 Å². The summed E-state index contributed by atoms with van der Waals surface area (Å²) in [5.41, 5.74) is -0.304. The van der Waals surface area contributed by atoms with Crippen LogP contribution >= 0.6 is 0 Å². The van der Waals surface area contributed by atoms with Crippen molar-refractivity contribution in [1.29, 1.82) is 0 Å². The molecule has 0 radical (unpaired) electrons. The van der Waals surface area contributed by atoms with Crippen LogP contribution in [0.15, 0.2) is 28.7 Å². The number of hydrogen-bond acceptors (Lipinski definition) is 2. The normalized spacial score (nSPS) is 12.7. The maximum atomic E-state index is 13.5. The van der Waals surface area contributed by atoms with Gasteiger partial charge in [0.25, 0.3) is 0 Å². The summed E-state index contributed by atoms with van der Waals surface area (Å²) in [7, 11) is 0. The Balaban J connectivity index is 2.46. The first-order valence-corrected chi connectivity index (χ1v) is 5.45. The van der Waals surface area contributed by atoms with E-state index in [4.69, 9.17) is 4.42 Å². The van der Waals surface area contributed by atoms with Crippen molar-refractivity contribution in [2.24, 2.45) is 0 Å². The monoisotopic (exact) mass is 256 g/mol. The summed E-state index contributed by atoms with van der Waals surface area (Å²) < 4.78 is 44.8. The zero-order chi connectivity index (χ0) is 13.3. The van der Waals surface area contributed by atoms with Crippen LogP contribution in [0.5, 0.6) is 0 Å². The third-order valence-corrected chi connectivity index (χ3v) is 2.60. The number of hydrogen-bond donors (Lipinski definition) is 1. The Bertz CT molecular complexity index is 563. The van der Waals surface area contributed by atoms with Gasteiger partial charge in [-0.1, -0.05) is 6.92 Å². The lowest BCUT2D eigenvalue weighted by molar-refractivity contribution is 0.146. The Morgan fingerprint density at radius 3 is 2.61 bits per heavy atom. The Morgan fingerprint density at radius 2 is 1.94 bits per heavy atom. The summed E-state index contributed by atoms with van der Waals surface area (Å²) in [6.07, 6.45) is -0.396. The molecule has 1 heterocycles. The minimum absolute atomic E-state index is 0.0200. The molecule has 1 unspecified atom stereocenters. The van der Waals surface area contributed by atoms with E-state index in [1.165, 1.54) is 12.1 Å². The molecule has 0 aliphatic rings. The van der Waals surface area contributed by atoms with Crippen LogP contribution in [0, 0.1) is 17.5 Å². The minimum atomic E-state index is -1.28. The lowest BCUT2D eigenvalue weighted by Gasteiger charge is -2.04. The van der Waals surface area contributed by atoms with Crippen LogP contribution in [-0.2, 0) is 0 Å². The predicted molar refractivity (Wildman–Crippen MR) is 59.3 cm³/mol. The molecule has 1 N–H and O–H groups in total. The second-order valence-electron chi connectivity index (χ2n) is 3.88. The smallest absolute Gasteiger partial charge is 0.169 e. The van der Waals surface area contributed by atoms with E-state index >= 15 is 0 Å². The van der Waals surface area contributed by atoms with Gasteiger partial charge < -0.3 is 9.52 Å². The number of aliphatic hydroxyl groups excluding tert-OH is 1. The largest absolute Gasteiger partial charge is 0.458 e. The highest BCUT2D eigenvalue weighted by Gasteiger charge is 2.17. The minimum Gasteiger partial charge on any atom is -0.458 e. The van der Waals surface area contributed by atoms with Gasteiger partial charge in [-0.15, -0.1) is 0 Å². The van der Waals surface area contributed by atoms with Crippen molar-refractivity contribution >= 4 is 0 Å². The molecule has 0 aliphatic carbocycles. The molecule has 0 amide bonds. The van der Waals surface area contributed by atoms with Gasteiger partial charge in [-0.05, 0) is 24.6 Å². The summed E-state index contributed by atoms with van der Waals surface area (Å²) in [6, 6.07) is 4.13. The fraction of sp³-hybridized carbons (Fsp3) is 0.231. The summed E-state index contributed by atoms with van der Waals surface area (Å²) >= 11 is 0. The maximum Gasteiger partial charge on any atom is 0.169 e. The molecule has 96 valence electrons. The van der Waals surface area contributed by atoms with Crippen molar-refractivity contribution in [3.63, 3.8) is 0 Å². The van der Waals surface area contributed by atoms with Gasteiger partial charge in [-0.3, -0.25) is 0 Å². The van der Waals surface area contributed by atoms with Gasteiger partial charge in [-0.2, -0.15) is 0 Å². The van der Waals surface area contributed by atoms with Crippen LogP contribution in [0.25, 0.3) is 11.3 Å². The number of benzene rings is 1. The molecule has 0 fully saturated rings. The highest BCUT2D eigenvalue weighted by atomic mass is 19.2. The number of halogens is 3. The molecule has 1 aromatic carbocycles. The first-order chi connectivity index (χ1) is 8.52. The molecule has 1 atom stereocenters. The van der Waals surface area contributed by atoms with Gasteiger partial charge in [0.2, 0.25) is 0 Å². The van der Waals surface area contributed by atoms with Crippen molar-refractivity contribution in [2.45, 2.75) is 19.4 Å². The van der Waals surface area contributed by atoms with E-state index in [0.717, 1.165) is 6.07 Å². The number of rotatable bonds is 3. The molecule has 1 aromatic heterocycles. The lowest BCUT2D eigenvalue weighted by Crippen LogP contribution is -1.92. The van der Waals surface area contributed by atoms with E-state index in [9.17, 15) is 18.3 Å². The van der Waals surface area contributed by atoms with Crippen LogP contribution in [-0.4, -0.2) is 5.11 Å². The first kappa shape index (κ1) is 12.7. The maximum absolute atomic E-state index is 13.5. The van der Waals surface area contributed by atoms with Crippen molar-refractivity contribution in [3.05, 3.63) is 47.5 Å². The topological polar surface area (TPSA) is 33.4 Å². The second kappa shape index (κ2) is 4.86. The van der Waals surface area contributed by atoms with Crippen LogP contribution in [0.4, 0.5) is 13.2 Å². The molecule has 2 nitrogen and oxygen atoms in total. The molecule has 0 aliphatic heterocycles. The SMILES string of the molecule is CCC(O)c1ccc(-c2cc(F)cc(F)c2F)o1. The summed E-state index contributed by atoms with van der Waals surface area (Å²) in [4.78, 5) is 0. The van der Waals surface area contributed by atoms with Gasteiger partial charge in [0, 0.05) is 6.07 Å². The van der Waals surface area contributed by atoms with Gasteiger partial charge in [-0.25, -0.2) is 13.2 Å². The average molecular weight is 256 g/mol. The Labute approximate surface area is 102 Å². The molecule has 0 bridgehead atoms. The van der Waals surface area contributed by atoms with Gasteiger partial charge in [0.15, 0.2) is 11.6 Å². The Morgan fingerprint density at radius 1 is 1.22 bits per heavy atom. The summed E-state index contributed by atoms with van der Waals surface area (Å²) in [6.45, 7) is 1.75. The van der Waals surface area contributed by atoms with Crippen molar-refractivity contribution in [2.75, 3.05) is 0 Å². The quantitative estimate of drug-likeness (QED) is 0.847. The number of aliphatic hydroxyl groups is 1. The highest BCUT2D eigenvalue weighted by Crippen LogP contribution is 2.30. The van der Waals surface area contributed by atoms with E-state index in [-0.39, 0.29) is 17.1 Å². The van der Waals surface area contributed by atoms with Gasteiger partial charge >= 0.3 is 0 Å². The van der Waals surface area contributed by atoms with E-state index in [1.807, 2.05) is 0 Å². The molecule has 0 saturated heterocycles. The van der Waals surface area contributed by atoms with Crippen LogP contribution < -0.4 is 0 Å². The molecule has 0 spiro atoms. The van der Waals surface area contributed by atoms with Crippen LogP contribution in [0.1, 0.15) is 25.2 Å².